The van der Waals surface area contributed by atoms with Gasteiger partial charge in [0.25, 0.3) is 0 Å². The molecule has 0 aliphatic carbocycles. The Morgan fingerprint density at radius 3 is 2.71 bits per heavy atom. The number of pyridine rings is 1. The fourth-order valence-electron chi connectivity index (χ4n) is 1.52. The predicted molar refractivity (Wildman–Crippen MR) is 67.8 cm³/mol. The van der Waals surface area contributed by atoms with Gasteiger partial charge in [-0.2, -0.15) is 0 Å². The summed E-state index contributed by atoms with van der Waals surface area (Å²) in [6.07, 6.45) is 0. The third-order valence-electron chi connectivity index (χ3n) is 2.52. The molecule has 0 saturated carbocycles. The average Bonchev–Trinajstić information content (AvgIpc) is 2.28. The number of nitrogens with one attached hydrogen (secondary N) is 1. The summed E-state index contributed by atoms with van der Waals surface area (Å²) in [6.45, 7) is 3.77. The van der Waals surface area contributed by atoms with E-state index in [1.807, 2.05) is 19.9 Å². The quantitative estimate of drug-likeness (QED) is 0.834. The molecule has 2 rings (SSSR count). The molecule has 0 aliphatic heterocycles. The molecule has 0 unspecified atom stereocenters. The number of nitrogen functional groups attached to an aromatic ring is 1. The van der Waals surface area contributed by atoms with Gasteiger partial charge in [0, 0.05) is 11.4 Å². The highest BCUT2D eigenvalue weighted by molar-refractivity contribution is 5.70. The van der Waals surface area contributed by atoms with Gasteiger partial charge in [-0.15, -0.1) is 0 Å². The van der Waals surface area contributed by atoms with Crippen molar-refractivity contribution in [2.45, 2.75) is 13.8 Å². The van der Waals surface area contributed by atoms with Crippen LogP contribution in [0.15, 0.2) is 30.3 Å². The maximum atomic E-state index is 13.1. The number of benzene rings is 1. The van der Waals surface area contributed by atoms with Crippen molar-refractivity contribution in [3.05, 3.63) is 47.4 Å². The Labute approximate surface area is 99.5 Å². The van der Waals surface area contributed by atoms with Crippen molar-refractivity contribution in [3.8, 4) is 0 Å². The smallest absolute Gasteiger partial charge is 0.153 e. The molecule has 0 spiro atoms. The molecule has 0 amide bonds. The van der Waals surface area contributed by atoms with E-state index in [1.54, 1.807) is 12.1 Å². The topological polar surface area (TPSA) is 50.9 Å². The fraction of sp³-hybridized carbons (Fsp3) is 0.154. The second-order valence-electron chi connectivity index (χ2n) is 3.97. The summed E-state index contributed by atoms with van der Waals surface area (Å²) in [7, 11) is 0. The average molecular weight is 231 g/mol. The van der Waals surface area contributed by atoms with Gasteiger partial charge in [-0.1, -0.05) is 6.07 Å². The summed E-state index contributed by atoms with van der Waals surface area (Å²) in [4.78, 5) is 4.28. The van der Waals surface area contributed by atoms with Gasteiger partial charge in [0.2, 0.25) is 0 Å². The molecule has 88 valence electrons. The number of rotatable bonds is 2. The molecule has 0 atom stereocenters. The lowest BCUT2D eigenvalue weighted by Gasteiger charge is -2.11. The number of anilines is 3. The highest BCUT2D eigenvalue weighted by Crippen LogP contribution is 2.24. The van der Waals surface area contributed by atoms with Crippen LogP contribution in [0.25, 0.3) is 0 Å². The van der Waals surface area contributed by atoms with E-state index in [9.17, 15) is 4.39 Å². The lowest BCUT2D eigenvalue weighted by Crippen LogP contribution is -2.01. The molecule has 2 aromatic rings. The number of nitrogens with zero attached hydrogens (tertiary/aromatic N) is 1. The molecule has 3 nitrogen and oxygen atoms in total. The molecule has 0 bridgehead atoms. The Morgan fingerprint density at radius 2 is 1.94 bits per heavy atom. The van der Waals surface area contributed by atoms with Crippen LogP contribution >= 0.6 is 0 Å². The van der Waals surface area contributed by atoms with Crippen LogP contribution in [0.4, 0.5) is 21.6 Å². The number of aryl methyl sites for hydroxylation is 2. The van der Waals surface area contributed by atoms with Gasteiger partial charge in [0.05, 0.1) is 5.69 Å². The summed E-state index contributed by atoms with van der Waals surface area (Å²) in [5, 5.41) is 3.05. The monoisotopic (exact) mass is 231 g/mol. The van der Waals surface area contributed by atoms with E-state index >= 15 is 0 Å². The van der Waals surface area contributed by atoms with Crippen LogP contribution in [0.2, 0.25) is 0 Å². The standard InChI is InChI=1S/C13H14FN3/c1-8-3-5-10(14)7-12(8)17-13-11(15)6-4-9(2)16-13/h3-7H,15H2,1-2H3,(H,16,17). The van der Waals surface area contributed by atoms with Crippen molar-refractivity contribution >= 4 is 17.2 Å². The van der Waals surface area contributed by atoms with Crippen LogP contribution in [0.3, 0.4) is 0 Å². The fourth-order valence-corrected chi connectivity index (χ4v) is 1.52. The van der Waals surface area contributed by atoms with Gasteiger partial charge in [-0.25, -0.2) is 9.37 Å². The molecular weight excluding hydrogens is 217 g/mol. The lowest BCUT2D eigenvalue weighted by molar-refractivity contribution is 0.628. The summed E-state index contributed by atoms with van der Waals surface area (Å²) >= 11 is 0. The molecule has 1 aromatic carbocycles. The van der Waals surface area contributed by atoms with E-state index in [2.05, 4.69) is 10.3 Å². The van der Waals surface area contributed by atoms with Gasteiger partial charge >= 0.3 is 0 Å². The SMILES string of the molecule is Cc1ccc(N)c(Nc2cc(F)ccc2C)n1. The van der Waals surface area contributed by atoms with Crippen molar-refractivity contribution in [3.63, 3.8) is 0 Å². The molecule has 1 heterocycles. The summed E-state index contributed by atoms with van der Waals surface area (Å²) < 4.78 is 13.1. The zero-order valence-electron chi connectivity index (χ0n) is 9.79. The third kappa shape index (κ3) is 2.53. The molecule has 0 saturated heterocycles. The van der Waals surface area contributed by atoms with Crippen LogP contribution in [0.5, 0.6) is 0 Å². The number of halogens is 1. The molecule has 17 heavy (non-hydrogen) atoms. The minimum Gasteiger partial charge on any atom is -0.396 e. The van der Waals surface area contributed by atoms with E-state index in [-0.39, 0.29) is 5.82 Å². The number of hydrogen-bond acceptors (Lipinski definition) is 3. The zero-order valence-corrected chi connectivity index (χ0v) is 9.79. The Morgan fingerprint density at radius 1 is 1.18 bits per heavy atom. The molecule has 0 aliphatic rings. The van der Waals surface area contributed by atoms with Crippen LogP contribution in [0.1, 0.15) is 11.3 Å². The first-order valence-electron chi connectivity index (χ1n) is 5.32. The molecule has 0 fully saturated rings. The van der Waals surface area contributed by atoms with Crippen LogP contribution in [-0.2, 0) is 0 Å². The first-order chi connectivity index (χ1) is 8.06. The zero-order chi connectivity index (χ0) is 12.4. The summed E-state index contributed by atoms with van der Waals surface area (Å²) in [5.41, 5.74) is 8.82. The maximum Gasteiger partial charge on any atom is 0.153 e. The second kappa shape index (κ2) is 4.41. The minimum absolute atomic E-state index is 0.288. The third-order valence-corrected chi connectivity index (χ3v) is 2.52. The normalized spacial score (nSPS) is 10.3. The molecule has 1 aromatic heterocycles. The van der Waals surface area contributed by atoms with Crippen molar-refractivity contribution in [2.24, 2.45) is 0 Å². The maximum absolute atomic E-state index is 13.1. The number of aromatic nitrogens is 1. The molecule has 3 N–H and O–H groups in total. The molecule has 4 heteroatoms. The van der Waals surface area contributed by atoms with Crippen LogP contribution in [-0.4, -0.2) is 4.98 Å². The Hall–Kier alpha value is -2.10. The van der Waals surface area contributed by atoms with Crippen molar-refractivity contribution in [2.75, 3.05) is 11.1 Å². The van der Waals surface area contributed by atoms with Crippen molar-refractivity contribution in [1.29, 1.82) is 0 Å². The Balaban J connectivity index is 2.37. The Kier molecular flexibility index (Phi) is 2.95. The van der Waals surface area contributed by atoms with E-state index < -0.39 is 0 Å². The Bertz CT molecular complexity index is 503. The predicted octanol–water partition coefficient (Wildman–Crippen LogP) is 3.16. The molecule has 0 radical (unpaired) electrons. The molecular formula is C13H14FN3. The number of nitrogens with two attached hydrogens (primary N) is 1. The van der Waals surface area contributed by atoms with Gasteiger partial charge in [-0.05, 0) is 43.7 Å². The van der Waals surface area contributed by atoms with Gasteiger partial charge < -0.3 is 11.1 Å². The number of hydrogen-bond donors (Lipinski definition) is 2. The highest BCUT2D eigenvalue weighted by atomic mass is 19.1. The van der Waals surface area contributed by atoms with Gasteiger partial charge in [0.1, 0.15) is 5.82 Å². The van der Waals surface area contributed by atoms with E-state index in [4.69, 9.17) is 5.73 Å². The largest absolute Gasteiger partial charge is 0.396 e. The van der Waals surface area contributed by atoms with Crippen molar-refractivity contribution < 1.29 is 4.39 Å². The van der Waals surface area contributed by atoms with E-state index in [0.717, 1.165) is 11.3 Å². The lowest BCUT2D eigenvalue weighted by atomic mass is 10.2. The highest BCUT2D eigenvalue weighted by Gasteiger charge is 2.05. The summed E-state index contributed by atoms with van der Waals surface area (Å²) in [6, 6.07) is 8.17. The van der Waals surface area contributed by atoms with Crippen LogP contribution < -0.4 is 11.1 Å². The first-order valence-corrected chi connectivity index (χ1v) is 5.32. The van der Waals surface area contributed by atoms with Crippen LogP contribution in [0, 0.1) is 19.7 Å². The van der Waals surface area contributed by atoms with Crippen molar-refractivity contribution in [1.82, 2.24) is 4.98 Å². The van der Waals surface area contributed by atoms with Gasteiger partial charge in [0.15, 0.2) is 5.82 Å². The summed E-state index contributed by atoms with van der Waals surface area (Å²) in [5.74, 6) is 0.267. The second-order valence-corrected chi connectivity index (χ2v) is 3.97. The minimum atomic E-state index is -0.288. The first kappa shape index (κ1) is 11.4. The van der Waals surface area contributed by atoms with Gasteiger partial charge in [-0.3, -0.25) is 0 Å². The van der Waals surface area contributed by atoms with E-state index in [0.29, 0.717) is 17.2 Å². The van der Waals surface area contributed by atoms with E-state index in [1.165, 1.54) is 12.1 Å².